The van der Waals surface area contributed by atoms with Gasteiger partial charge in [0.1, 0.15) is 17.6 Å². The second-order valence-corrected chi connectivity index (χ2v) is 11.2. The van der Waals surface area contributed by atoms with Gasteiger partial charge in [0.2, 0.25) is 5.91 Å². The number of nitrogen functional groups attached to an aromatic ring is 1. The summed E-state index contributed by atoms with van der Waals surface area (Å²) < 4.78 is 0.481. The normalized spacial score (nSPS) is 22.7. The van der Waals surface area contributed by atoms with Gasteiger partial charge in [-0.25, -0.2) is 9.78 Å². The van der Waals surface area contributed by atoms with Crippen LogP contribution >= 0.6 is 50.8 Å². The molecule has 2 aliphatic rings. The van der Waals surface area contributed by atoms with E-state index in [2.05, 4.69) is 41.6 Å². The molecule has 1 unspecified atom stereocenters. The molecule has 12 nitrogen and oxygen atoms in total. The third-order valence-corrected chi connectivity index (χ3v) is 8.98. The van der Waals surface area contributed by atoms with Gasteiger partial charge in [0.05, 0.1) is 26.7 Å². The van der Waals surface area contributed by atoms with E-state index >= 15 is 0 Å². The molecule has 1 fully saturated rings. The third kappa shape index (κ3) is 3.87. The molecule has 2 atom stereocenters. The van der Waals surface area contributed by atoms with E-state index in [0.29, 0.717) is 15.8 Å². The predicted octanol–water partition coefficient (Wildman–Crippen LogP) is 1.47. The lowest BCUT2D eigenvalue weighted by Gasteiger charge is -2.51. The number of carboxylic acids is 1. The first-order valence-electron chi connectivity index (χ1n) is 8.77. The van der Waals surface area contributed by atoms with Gasteiger partial charge < -0.3 is 21.4 Å². The number of amides is 2. The Balaban J connectivity index is 1.94. The van der Waals surface area contributed by atoms with Gasteiger partial charge in [-0.3, -0.25) is 19.6 Å². The number of halogens is 1. The summed E-state index contributed by atoms with van der Waals surface area (Å²) in [5, 5.41) is 30.6. The number of hydrogen-bond acceptors (Lipinski definition) is 11. The SMILES string of the molecule is Nc1nc(C2(NC(=O)/C=N\O)S[C@H]3CC(=O)N3C(C(=O)O)=C2SCc2cn[nH]c2)c(Br)s1. The standard InChI is InChI=1S/C16H14BrN7O5S3/c17-13-11(22-15(18)31-13)16(23-7(25)4-21-29)12(30-5-6-2-19-20-3-6)10(14(27)28)24-8(26)1-9(24)32-16/h2-4,9,29H,1,5H2,(H2,18,22)(H,19,20)(H,23,25)(H,27,28)/b21-4-/t9-,16?/m0/s1. The van der Waals surface area contributed by atoms with Crippen LogP contribution in [0.5, 0.6) is 0 Å². The Morgan fingerprint density at radius 3 is 2.91 bits per heavy atom. The Bertz CT molecular complexity index is 1150. The minimum Gasteiger partial charge on any atom is -0.477 e. The fraction of sp³-hybridized carbons (Fsp3) is 0.250. The maximum absolute atomic E-state index is 12.6. The summed E-state index contributed by atoms with van der Waals surface area (Å²) >= 11 is 6.80. The van der Waals surface area contributed by atoms with E-state index in [4.69, 9.17) is 10.9 Å². The first-order valence-corrected chi connectivity index (χ1v) is 12.2. The van der Waals surface area contributed by atoms with Crippen LogP contribution in [-0.4, -0.2) is 59.8 Å². The number of nitrogens with two attached hydrogens (primary N) is 1. The first kappa shape index (κ1) is 22.6. The number of fused-ring (bicyclic) bond motifs is 1. The highest BCUT2D eigenvalue weighted by Crippen LogP contribution is 2.58. The predicted molar refractivity (Wildman–Crippen MR) is 122 cm³/mol. The van der Waals surface area contributed by atoms with Crippen LogP contribution in [0.3, 0.4) is 0 Å². The summed E-state index contributed by atoms with van der Waals surface area (Å²) in [5.74, 6) is -2.16. The Morgan fingerprint density at radius 2 is 2.34 bits per heavy atom. The van der Waals surface area contributed by atoms with Crippen molar-refractivity contribution in [2.45, 2.75) is 22.4 Å². The minimum absolute atomic E-state index is 0.0874. The first-order chi connectivity index (χ1) is 15.3. The lowest BCUT2D eigenvalue weighted by molar-refractivity contribution is -0.146. The molecule has 4 heterocycles. The zero-order chi connectivity index (χ0) is 23.0. The molecular weight excluding hydrogens is 546 g/mol. The van der Waals surface area contributed by atoms with Crippen LogP contribution in [0.25, 0.3) is 0 Å². The van der Waals surface area contributed by atoms with E-state index < -0.39 is 22.1 Å². The van der Waals surface area contributed by atoms with Gasteiger partial charge in [-0.1, -0.05) is 28.3 Å². The molecule has 0 saturated carbocycles. The van der Waals surface area contributed by atoms with Crippen molar-refractivity contribution >= 4 is 79.9 Å². The van der Waals surface area contributed by atoms with Crippen molar-refractivity contribution in [1.82, 2.24) is 25.4 Å². The lowest BCUT2D eigenvalue weighted by atomic mass is 10.1. The second kappa shape index (κ2) is 8.76. The number of nitrogens with one attached hydrogen (secondary N) is 2. The van der Waals surface area contributed by atoms with Crippen LogP contribution < -0.4 is 11.1 Å². The Kier molecular flexibility index (Phi) is 6.19. The van der Waals surface area contributed by atoms with E-state index in [0.717, 1.165) is 40.4 Å². The third-order valence-electron chi connectivity index (χ3n) is 4.55. The molecule has 2 aliphatic heterocycles. The van der Waals surface area contributed by atoms with Gasteiger partial charge in [-0.2, -0.15) is 5.10 Å². The Morgan fingerprint density at radius 1 is 1.56 bits per heavy atom. The number of aromatic amines is 1. The van der Waals surface area contributed by atoms with Crippen molar-refractivity contribution in [3.05, 3.63) is 38.0 Å². The fourth-order valence-electron chi connectivity index (χ4n) is 3.27. The molecule has 16 heteroatoms. The summed E-state index contributed by atoms with van der Waals surface area (Å²) in [6.45, 7) is 0. The highest BCUT2D eigenvalue weighted by atomic mass is 79.9. The van der Waals surface area contributed by atoms with Crippen LogP contribution in [0, 0.1) is 0 Å². The van der Waals surface area contributed by atoms with Crippen molar-refractivity contribution in [3.63, 3.8) is 0 Å². The number of nitrogens with zero attached hydrogens (tertiary/aromatic N) is 4. The van der Waals surface area contributed by atoms with Crippen LogP contribution in [0.15, 0.2) is 31.9 Å². The molecule has 0 bridgehead atoms. The van der Waals surface area contributed by atoms with Gasteiger partial charge in [-0.15, -0.1) is 11.8 Å². The van der Waals surface area contributed by atoms with Crippen molar-refractivity contribution in [2.75, 3.05) is 5.73 Å². The quantitative estimate of drug-likeness (QED) is 0.144. The van der Waals surface area contributed by atoms with Gasteiger partial charge in [0.15, 0.2) is 10.0 Å². The van der Waals surface area contributed by atoms with Crippen molar-refractivity contribution in [3.8, 4) is 0 Å². The maximum atomic E-state index is 12.6. The maximum Gasteiger partial charge on any atom is 0.353 e. The molecule has 168 valence electrons. The number of carbonyl (C=O) groups excluding carboxylic acids is 2. The summed E-state index contributed by atoms with van der Waals surface area (Å²) in [5.41, 5.74) is 6.69. The number of aliphatic carboxylic acids is 1. The van der Waals surface area contributed by atoms with Gasteiger partial charge in [-0.05, 0) is 15.9 Å². The van der Waals surface area contributed by atoms with Crippen molar-refractivity contribution in [2.24, 2.45) is 5.16 Å². The number of β-lactam (4-membered cyclic amide) rings is 1. The van der Waals surface area contributed by atoms with Crippen molar-refractivity contribution in [1.29, 1.82) is 0 Å². The molecule has 2 aromatic heterocycles. The van der Waals surface area contributed by atoms with Crippen LogP contribution in [-0.2, 0) is 25.0 Å². The van der Waals surface area contributed by atoms with Gasteiger partial charge >= 0.3 is 5.97 Å². The Labute approximate surface area is 200 Å². The van der Waals surface area contributed by atoms with E-state index in [-0.39, 0.29) is 33.8 Å². The van der Waals surface area contributed by atoms with Crippen LogP contribution in [0.1, 0.15) is 17.7 Å². The number of carboxylic acid groups (broad SMARTS) is 1. The largest absolute Gasteiger partial charge is 0.477 e. The number of anilines is 1. The van der Waals surface area contributed by atoms with Gasteiger partial charge in [0, 0.05) is 17.5 Å². The molecule has 0 radical (unpaired) electrons. The van der Waals surface area contributed by atoms with Crippen LogP contribution in [0.4, 0.5) is 5.13 Å². The van der Waals surface area contributed by atoms with E-state index in [9.17, 15) is 19.5 Å². The summed E-state index contributed by atoms with van der Waals surface area (Å²) in [4.78, 5) is 41.4. The van der Waals surface area contributed by atoms with E-state index in [1.54, 1.807) is 12.4 Å². The lowest BCUT2D eigenvalue weighted by Crippen LogP contribution is -2.60. The number of oxime groups is 1. The summed E-state index contributed by atoms with van der Waals surface area (Å²) in [7, 11) is 0. The highest BCUT2D eigenvalue weighted by molar-refractivity contribution is 9.11. The molecule has 2 aromatic rings. The molecule has 1 saturated heterocycles. The molecule has 6 N–H and O–H groups in total. The summed E-state index contributed by atoms with van der Waals surface area (Å²) in [6, 6.07) is 0. The number of thioether (sulfide) groups is 2. The number of hydrogen-bond donors (Lipinski definition) is 5. The average Bonchev–Trinajstić information content (AvgIpc) is 3.35. The van der Waals surface area contributed by atoms with Crippen LogP contribution in [0.2, 0.25) is 0 Å². The van der Waals surface area contributed by atoms with Crippen molar-refractivity contribution < 1.29 is 24.7 Å². The minimum atomic E-state index is -1.52. The Hall–Kier alpha value is -2.56. The number of carbonyl (C=O) groups is 3. The topological polar surface area (TPSA) is 187 Å². The molecule has 0 aromatic carbocycles. The number of H-pyrrole nitrogens is 1. The zero-order valence-electron chi connectivity index (χ0n) is 15.8. The number of rotatable bonds is 7. The summed E-state index contributed by atoms with van der Waals surface area (Å²) in [6.07, 6.45) is 3.97. The molecule has 0 spiro atoms. The molecular formula is C16H14BrN7O5S3. The fourth-order valence-corrected chi connectivity index (χ4v) is 8.01. The molecule has 2 amide bonds. The second-order valence-electron chi connectivity index (χ2n) is 6.51. The molecule has 4 rings (SSSR count). The number of aromatic nitrogens is 3. The average molecular weight is 560 g/mol. The van der Waals surface area contributed by atoms with Gasteiger partial charge in [0.25, 0.3) is 5.91 Å². The number of thiazole rings is 1. The zero-order valence-corrected chi connectivity index (χ0v) is 19.8. The van der Waals surface area contributed by atoms with E-state index in [1.807, 2.05) is 0 Å². The highest BCUT2D eigenvalue weighted by Gasteiger charge is 2.57. The monoisotopic (exact) mass is 559 g/mol. The smallest absolute Gasteiger partial charge is 0.353 e. The molecule has 0 aliphatic carbocycles. The molecule has 32 heavy (non-hydrogen) atoms. The van der Waals surface area contributed by atoms with E-state index in [1.165, 1.54) is 4.90 Å².